The van der Waals surface area contributed by atoms with Gasteiger partial charge in [0.1, 0.15) is 28.5 Å². The van der Waals surface area contributed by atoms with E-state index in [2.05, 4.69) is 25.4 Å². The number of carbonyl (C=O) groups is 2. The van der Waals surface area contributed by atoms with Gasteiger partial charge in [-0.2, -0.15) is 5.10 Å². The van der Waals surface area contributed by atoms with Crippen molar-refractivity contribution in [3.63, 3.8) is 0 Å². The molecular formula is C21H20F2N8O2. The van der Waals surface area contributed by atoms with Gasteiger partial charge < -0.3 is 20.9 Å². The molecule has 1 atom stereocenters. The molecule has 5 rings (SSSR count). The topological polar surface area (TPSA) is 135 Å². The minimum absolute atomic E-state index is 0.00279. The normalized spacial score (nSPS) is 15.1. The number of H-pyrrole nitrogens is 1. The Bertz CT molecular complexity index is 1420. The van der Waals surface area contributed by atoms with Gasteiger partial charge in [0.2, 0.25) is 5.91 Å². The maximum atomic E-state index is 14.3. The monoisotopic (exact) mass is 454 g/mol. The Morgan fingerprint density at radius 1 is 1.30 bits per heavy atom. The molecule has 0 spiro atoms. The molecule has 10 nitrogen and oxygen atoms in total. The van der Waals surface area contributed by atoms with Crippen LogP contribution in [0.25, 0.3) is 33.5 Å². The first kappa shape index (κ1) is 20.9. The molecule has 0 saturated carbocycles. The van der Waals surface area contributed by atoms with Crippen molar-refractivity contribution < 1.29 is 18.4 Å². The molecule has 1 aliphatic heterocycles. The fraction of sp³-hybridized carbons (Fsp3) is 0.286. The fourth-order valence-corrected chi connectivity index (χ4v) is 3.97. The molecule has 2 amide bonds. The molecule has 4 heterocycles. The van der Waals surface area contributed by atoms with E-state index in [1.54, 1.807) is 11.8 Å². The molecule has 0 unspecified atom stereocenters. The molecule has 0 aliphatic carbocycles. The van der Waals surface area contributed by atoms with Crippen LogP contribution in [0.5, 0.6) is 0 Å². The summed E-state index contributed by atoms with van der Waals surface area (Å²) in [7, 11) is 1.50. The third-order valence-electron chi connectivity index (χ3n) is 5.71. The van der Waals surface area contributed by atoms with Crippen molar-refractivity contribution >= 4 is 33.9 Å². The number of nitrogens with two attached hydrogens (primary N) is 1. The lowest BCUT2D eigenvalue weighted by atomic mass is 10.1. The molecule has 3 aromatic heterocycles. The third kappa shape index (κ3) is 3.39. The molecule has 0 bridgehead atoms. The fourth-order valence-electron chi connectivity index (χ4n) is 3.97. The highest BCUT2D eigenvalue weighted by molar-refractivity contribution is 6.06. The summed E-state index contributed by atoms with van der Waals surface area (Å²) in [5.41, 5.74) is 7.10. The Hall–Kier alpha value is -3.93. The van der Waals surface area contributed by atoms with Gasteiger partial charge in [-0.3, -0.25) is 14.3 Å². The van der Waals surface area contributed by atoms with Gasteiger partial charge in [-0.25, -0.2) is 18.7 Å². The first-order valence-electron chi connectivity index (χ1n) is 10.2. The van der Waals surface area contributed by atoms with E-state index in [0.717, 1.165) is 6.07 Å². The van der Waals surface area contributed by atoms with Gasteiger partial charge in [-0.1, -0.05) is 0 Å². The van der Waals surface area contributed by atoms with Crippen molar-refractivity contribution in [3.05, 3.63) is 41.7 Å². The van der Waals surface area contributed by atoms with Crippen molar-refractivity contribution in [2.45, 2.75) is 19.0 Å². The van der Waals surface area contributed by atoms with Gasteiger partial charge in [-0.15, -0.1) is 0 Å². The number of fused-ring (bicyclic) bond motifs is 2. The number of aromatic amines is 1. The van der Waals surface area contributed by atoms with E-state index in [0.29, 0.717) is 29.8 Å². The van der Waals surface area contributed by atoms with E-state index >= 15 is 0 Å². The smallest absolute Gasteiger partial charge is 0.255 e. The van der Waals surface area contributed by atoms with Gasteiger partial charge in [0.25, 0.3) is 5.91 Å². The Kier molecular flexibility index (Phi) is 4.81. The summed E-state index contributed by atoms with van der Waals surface area (Å²) >= 11 is 0. The van der Waals surface area contributed by atoms with Crippen LogP contribution >= 0.6 is 0 Å². The van der Waals surface area contributed by atoms with E-state index in [4.69, 9.17) is 5.73 Å². The van der Waals surface area contributed by atoms with Crippen molar-refractivity contribution in [1.29, 1.82) is 0 Å². The van der Waals surface area contributed by atoms with Crippen LogP contribution in [0.3, 0.4) is 0 Å². The second kappa shape index (κ2) is 7.59. The number of rotatable bonds is 4. The number of likely N-dealkylation sites (tertiary alicyclic amines) is 1. The average molecular weight is 454 g/mol. The highest BCUT2D eigenvalue weighted by Gasteiger charge is 2.31. The summed E-state index contributed by atoms with van der Waals surface area (Å²) in [6, 6.07) is 1.66. The van der Waals surface area contributed by atoms with Crippen LogP contribution in [0.15, 0.2) is 24.5 Å². The molecule has 4 N–H and O–H groups in total. The summed E-state index contributed by atoms with van der Waals surface area (Å²) in [4.78, 5) is 38.5. The molecule has 170 valence electrons. The number of hydrogen-bond donors (Lipinski definition) is 3. The van der Waals surface area contributed by atoms with Crippen LogP contribution in [0.1, 0.15) is 17.3 Å². The number of nitrogens with one attached hydrogen (secondary N) is 2. The highest BCUT2D eigenvalue weighted by atomic mass is 19.2. The van der Waals surface area contributed by atoms with E-state index in [1.807, 2.05) is 0 Å². The van der Waals surface area contributed by atoms with Crippen molar-refractivity contribution in [1.82, 2.24) is 34.9 Å². The van der Waals surface area contributed by atoms with Crippen LogP contribution < -0.4 is 11.1 Å². The lowest BCUT2D eigenvalue weighted by Gasteiger charge is -2.38. The highest BCUT2D eigenvalue weighted by Crippen LogP contribution is 2.30. The molecule has 1 saturated heterocycles. The van der Waals surface area contributed by atoms with Gasteiger partial charge in [0.05, 0.1) is 11.8 Å². The number of halogens is 2. The predicted octanol–water partition coefficient (Wildman–Crippen LogP) is 1.08. The summed E-state index contributed by atoms with van der Waals surface area (Å²) in [6.45, 7) is 2.52. The number of aromatic nitrogens is 5. The number of amides is 2. The Labute approximate surface area is 185 Å². The first-order chi connectivity index (χ1) is 15.7. The van der Waals surface area contributed by atoms with Crippen molar-refractivity contribution in [3.8, 4) is 11.4 Å². The number of hydrogen-bond acceptors (Lipinski definition) is 6. The molecular weight excluding hydrogens is 434 g/mol. The third-order valence-corrected chi connectivity index (χ3v) is 5.71. The Morgan fingerprint density at radius 3 is 2.79 bits per heavy atom. The van der Waals surface area contributed by atoms with Gasteiger partial charge in [0.15, 0.2) is 17.3 Å². The van der Waals surface area contributed by atoms with E-state index in [9.17, 15) is 18.4 Å². The van der Waals surface area contributed by atoms with Crippen LogP contribution in [-0.4, -0.2) is 66.6 Å². The lowest BCUT2D eigenvalue weighted by molar-refractivity contribution is -0.137. The van der Waals surface area contributed by atoms with E-state index in [1.165, 1.54) is 30.2 Å². The second-order valence-corrected chi connectivity index (χ2v) is 8.08. The van der Waals surface area contributed by atoms with Gasteiger partial charge in [-0.05, 0) is 19.1 Å². The first-order valence-corrected chi connectivity index (χ1v) is 10.2. The standard InChI is InChI=1S/C21H20F2N8O2/c1-9(21(33)31-7-10(24)8-31)27-20(32)12-5-25-19-17(12)28-14(6-26-19)16-11-3-4-13(22)15(23)18(11)30(2)29-16/h3-6,9-10H,7-8,24H2,1-2H3,(H,25,26)(H,27,32)/t9-/m1/s1. The molecule has 33 heavy (non-hydrogen) atoms. The summed E-state index contributed by atoms with van der Waals surface area (Å²) in [6.07, 6.45) is 2.88. The quantitative estimate of drug-likeness (QED) is 0.422. The van der Waals surface area contributed by atoms with E-state index in [-0.39, 0.29) is 34.2 Å². The number of benzene rings is 1. The summed E-state index contributed by atoms with van der Waals surface area (Å²) < 4.78 is 29.2. The minimum Gasteiger partial charge on any atom is -0.344 e. The SMILES string of the molecule is C[C@@H](NC(=O)c1c[nH]c2ncc(-c3nn(C)c4c(F)c(F)ccc34)nc12)C(=O)N1CC(N)C1. The summed E-state index contributed by atoms with van der Waals surface area (Å²) in [5, 5.41) is 7.31. The van der Waals surface area contributed by atoms with E-state index < -0.39 is 23.6 Å². The maximum absolute atomic E-state index is 14.3. The Morgan fingerprint density at radius 2 is 2.06 bits per heavy atom. The van der Waals surface area contributed by atoms with Gasteiger partial charge >= 0.3 is 0 Å². The van der Waals surface area contributed by atoms with Gasteiger partial charge in [0, 0.05) is 37.8 Å². The zero-order valence-electron chi connectivity index (χ0n) is 17.8. The van der Waals surface area contributed by atoms with Crippen LogP contribution in [0.2, 0.25) is 0 Å². The number of carbonyl (C=O) groups excluding carboxylic acids is 2. The molecule has 1 aromatic carbocycles. The average Bonchev–Trinajstić information content (AvgIpc) is 3.34. The zero-order valence-corrected chi connectivity index (χ0v) is 17.8. The molecule has 12 heteroatoms. The largest absolute Gasteiger partial charge is 0.344 e. The maximum Gasteiger partial charge on any atom is 0.255 e. The number of aryl methyl sites for hydroxylation is 1. The Balaban J connectivity index is 1.47. The second-order valence-electron chi connectivity index (χ2n) is 8.08. The van der Waals surface area contributed by atoms with Crippen LogP contribution in [0.4, 0.5) is 8.78 Å². The molecule has 1 fully saturated rings. The van der Waals surface area contributed by atoms with Crippen LogP contribution in [-0.2, 0) is 11.8 Å². The molecule has 1 aliphatic rings. The van der Waals surface area contributed by atoms with Crippen molar-refractivity contribution in [2.24, 2.45) is 12.8 Å². The van der Waals surface area contributed by atoms with Crippen molar-refractivity contribution in [2.75, 3.05) is 13.1 Å². The zero-order chi connectivity index (χ0) is 23.4. The lowest BCUT2D eigenvalue weighted by Crippen LogP contribution is -2.61. The molecule has 0 radical (unpaired) electrons. The predicted molar refractivity (Wildman–Crippen MR) is 115 cm³/mol. The summed E-state index contributed by atoms with van der Waals surface area (Å²) in [5.74, 6) is -2.71. The van der Waals surface area contributed by atoms with Crippen LogP contribution in [0, 0.1) is 11.6 Å². The number of nitrogens with zero attached hydrogens (tertiary/aromatic N) is 5. The molecule has 4 aromatic rings. The minimum atomic E-state index is -1.01.